The van der Waals surface area contributed by atoms with E-state index in [1.54, 1.807) is 6.92 Å². The van der Waals surface area contributed by atoms with Gasteiger partial charge in [0.15, 0.2) is 5.82 Å². The number of hydrogen-bond acceptors (Lipinski definition) is 6. The van der Waals surface area contributed by atoms with E-state index in [1.807, 2.05) is 0 Å². The number of carbonyl (C=O) groups excluding carboxylic acids is 2. The largest absolute Gasteiger partial charge is 0.435 e. The number of amides is 2. The van der Waals surface area contributed by atoms with Crippen molar-refractivity contribution in [2.75, 3.05) is 0 Å². The van der Waals surface area contributed by atoms with Gasteiger partial charge in [0, 0.05) is 17.5 Å². The molecule has 2 aliphatic heterocycles. The number of carbonyl (C=O) groups is 2. The summed E-state index contributed by atoms with van der Waals surface area (Å²) >= 11 is 14.6. The number of halogens is 7. The van der Waals surface area contributed by atoms with Gasteiger partial charge in [-0.3, -0.25) is 9.59 Å². The lowest BCUT2D eigenvalue weighted by Gasteiger charge is -2.29. The van der Waals surface area contributed by atoms with Gasteiger partial charge in [-0.15, -0.1) is 0 Å². The molecule has 4 rings (SSSR count). The highest BCUT2D eigenvalue weighted by atomic mass is 79.9. The van der Waals surface area contributed by atoms with Crippen LogP contribution in [-0.4, -0.2) is 40.0 Å². The van der Waals surface area contributed by atoms with Crippen molar-refractivity contribution in [3.63, 3.8) is 0 Å². The number of imide groups is 1. The number of aryl methyl sites for hydroxylation is 1. The van der Waals surface area contributed by atoms with Crippen LogP contribution in [0.2, 0.25) is 10.0 Å². The van der Waals surface area contributed by atoms with Gasteiger partial charge in [-0.2, -0.15) is 13.2 Å². The number of benzene rings is 2. The number of hydrogen-bond donors (Lipinski definition) is 0. The van der Waals surface area contributed by atoms with Crippen molar-refractivity contribution in [3.05, 3.63) is 68.4 Å². The van der Waals surface area contributed by atoms with Crippen LogP contribution >= 0.6 is 39.1 Å². The minimum Gasteiger partial charge on any atom is -0.374 e. The van der Waals surface area contributed by atoms with E-state index in [2.05, 4.69) is 26.2 Å². The van der Waals surface area contributed by atoms with Crippen LogP contribution in [0.3, 0.4) is 0 Å². The summed E-state index contributed by atoms with van der Waals surface area (Å²) < 4.78 is 56.9. The molecule has 190 valence electrons. The second-order valence-corrected chi connectivity index (χ2v) is 9.69. The molecule has 2 aliphatic rings. The molecule has 0 aromatic heterocycles. The second-order valence-electron chi connectivity index (χ2n) is 7.96. The predicted molar refractivity (Wildman–Crippen MR) is 126 cm³/mol. The highest BCUT2D eigenvalue weighted by Gasteiger charge is 2.62. The lowest BCUT2D eigenvalue weighted by molar-refractivity contribution is -0.275. The van der Waals surface area contributed by atoms with Gasteiger partial charge in [-0.05, 0) is 58.2 Å². The predicted octanol–water partition coefficient (Wildman–Crippen LogP) is 6.08. The molecule has 7 nitrogen and oxygen atoms in total. The lowest BCUT2D eigenvalue weighted by Crippen LogP contribution is -2.42. The summed E-state index contributed by atoms with van der Waals surface area (Å²) in [5, 5.41) is 6.10. The summed E-state index contributed by atoms with van der Waals surface area (Å²) in [5.41, 5.74) is -2.81. The standard InChI is InChI=1S/C22H14BrCl2F4N3O4/c1-10-4-11(2-3-13(10)20(34)32(9-33)18-7-17(23)31-35-18)16-8-21(36-30-16,22(27,28)29)12-5-14(24)19(26)15(25)6-12/h2-6,9,18H,7-8H2,1H3. The van der Waals surface area contributed by atoms with Crippen LogP contribution in [0.25, 0.3) is 0 Å². The maximum Gasteiger partial charge on any atom is 0.435 e. The van der Waals surface area contributed by atoms with Crippen LogP contribution in [0.5, 0.6) is 0 Å². The molecular weight excluding hydrogens is 597 g/mol. The quantitative estimate of drug-likeness (QED) is 0.234. The first-order chi connectivity index (χ1) is 16.9. The van der Waals surface area contributed by atoms with E-state index in [4.69, 9.17) is 32.9 Å². The van der Waals surface area contributed by atoms with E-state index >= 15 is 0 Å². The first-order valence-corrected chi connectivity index (χ1v) is 11.7. The molecule has 2 unspecified atom stereocenters. The van der Waals surface area contributed by atoms with Gasteiger partial charge in [-0.25, -0.2) is 9.29 Å². The molecule has 0 spiro atoms. The van der Waals surface area contributed by atoms with E-state index in [1.165, 1.54) is 18.2 Å². The zero-order valence-corrected chi connectivity index (χ0v) is 21.2. The molecule has 2 aromatic rings. The van der Waals surface area contributed by atoms with Gasteiger partial charge in [0.05, 0.1) is 22.2 Å². The zero-order valence-electron chi connectivity index (χ0n) is 18.1. The molecular formula is C22H14BrCl2F4N3O4. The van der Waals surface area contributed by atoms with Crippen LogP contribution in [0, 0.1) is 12.7 Å². The van der Waals surface area contributed by atoms with Gasteiger partial charge in [-0.1, -0.05) is 39.6 Å². The normalized spacial score (nSPS) is 21.4. The summed E-state index contributed by atoms with van der Waals surface area (Å²) in [5.74, 6) is -1.73. The van der Waals surface area contributed by atoms with Crippen molar-refractivity contribution in [1.82, 2.24) is 4.90 Å². The molecule has 0 bridgehead atoms. The Bertz CT molecular complexity index is 1300. The van der Waals surface area contributed by atoms with Crippen LogP contribution in [0.15, 0.2) is 40.6 Å². The summed E-state index contributed by atoms with van der Waals surface area (Å²) in [7, 11) is 0. The SMILES string of the molecule is Cc1cc(C2=NOC(c3cc(Cl)c(F)c(Cl)c3)(C(F)(F)F)C2)ccc1C(=O)N(C=O)C1CC(Br)=NO1. The van der Waals surface area contributed by atoms with Crippen molar-refractivity contribution >= 4 is 61.8 Å². The molecule has 0 radical (unpaired) electrons. The van der Waals surface area contributed by atoms with Crippen LogP contribution < -0.4 is 0 Å². The first kappa shape index (κ1) is 26.4. The Morgan fingerprint density at radius 1 is 1.22 bits per heavy atom. The molecule has 2 heterocycles. The summed E-state index contributed by atoms with van der Waals surface area (Å²) in [6.07, 6.45) is -6.17. The number of nitrogens with zero attached hydrogens (tertiary/aromatic N) is 3. The Kier molecular flexibility index (Phi) is 7.06. The maximum absolute atomic E-state index is 14.2. The third kappa shape index (κ3) is 4.57. The first-order valence-electron chi connectivity index (χ1n) is 10.1. The maximum atomic E-state index is 14.2. The third-order valence-electron chi connectivity index (χ3n) is 5.70. The monoisotopic (exact) mass is 609 g/mol. The van der Waals surface area contributed by atoms with Gasteiger partial charge in [0.2, 0.25) is 12.6 Å². The van der Waals surface area contributed by atoms with Crippen LogP contribution in [0.4, 0.5) is 17.6 Å². The molecule has 0 aliphatic carbocycles. The van der Waals surface area contributed by atoms with E-state index in [-0.39, 0.29) is 23.3 Å². The zero-order chi connectivity index (χ0) is 26.4. The van der Waals surface area contributed by atoms with E-state index in [0.29, 0.717) is 16.6 Å². The fraction of sp³-hybridized carbons (Fsp3) is 0.273. The Balaban J connectivity index is 1.62. The third-order valence-corrected chi connectivity index (χ3v) is 6.72. The Morgan fingerprint density at radius 3 is 2.42 bits per heavy atom. The molecule has 0 saturated heterocycles. The highest BCUT2D eigenvalue weighted by molar-refractivity contribution is 9.18. The minimum absolute atomic E-state index is 0.0744. The fourth-order valence-corrected chi connectivity index (χ4v) is 4.65. The van der Waals surface area contributed by atoms with E-state index in [0.717, 1.165) is 17.0 Å². The van der Waals surface area contributed by atoms with E-state index in [9.17, 15) is 27.2 Å². The molecule has 2 atom stereocenters. The molecule has 0 saturated carbocycles. The Labute approximate surface area is 219 Å². The van der Waals surface area contributed by atoms with Crippen LogP contribution in [0.1, 0.15) is 39.9 Å². The van der Waals surface area contributed by atoms with Crippen molar-refractivity contribution in [2.24, 2.45) is 10.3 Å². The number of alkyl halides is 3. The van der Waals surface area contributed by atoms with Crippen molar-refractivity contribution in [3.8, 4) is 0 Å². The Hall–Kier alpha value is -2.70. The van der Waals surface area contributed by atoms with Gasteiger partial charge < -0.3 is 9.68 Å². The molecule has 14 heteroatoms. The molecule has 36 heavy (non-hydrogen) atoms. The minimum atomic E-state index is -4.96. The smallest absolute Gasteiger partial charge is 0.374 e. The molecule has 2 aromatic carbocycles. The number of oxime groups is 2. The summed E-state index contributed by atoms with van der Waals surface area (Å²) in [4.78, 5) is 35.3. The highest BCUT2D eigenvalue weighted by Crippen LogP contribution is 2.50. The van der Waals surface area contributed by atoms with Gasteiger partial charge in [0.25, 0.3) is 11.5 Å². The average molecular weight is 611 g/mol. The molecule has 2 amide bonds. The van der Waals surface area contributed by atoms with Gasteiger partial charge in [0.1, 0.15) is 4.62 Å². The van der Waals surface area contributed by atoms with E-state index < -0.39 is 51.8 Å². The van der Waals surface area contributed by atoms with Crippen molar-refractivity contribution < 1.29 is 36.8 Å². The fourth-order valence-electron chi connectivity index (χ4n) is 3.80. The number of rotatable bonds is 5. The Morgan fingerprint density at radius 2 is 1.89 bits per heavy atom. The topological polar surface area (TPSA) is 80.6 Å². The van der Waals surface area contributed by atoms with Gasteiger partial charge >= 0.3 is 6.18 Å². The second kappa shape index (κ2) is 9.64. The van der Waals surface area contributed by atoms with Crippen LogP contribution in [-0.2, 0) is 20.1 Å². The summed E-state index contributed by atoms with van der Waals surface area (Å²) in [6.45, 7) is 1.55. The molecule has 0 fully saturated rings. The lowest BCUT2D eigenvalue weighted by atomic mass is 9.86. The summed E-state index contributed by atoms with van der Waals surface area (Å²) in [6, 6.07) is 5.77. The average Bonchev–Trinajstić information content (AvgIpc) is 3.45. The molecule has 0 N–H and O–H groups in total. The van der Waals surface area contributed by atoms with Crippen molar-refractivity contribution in [2.45, 2.75) is 37.8 Å². The van der Waals surface area contributed by atoms with Crippen molar-refractivity contribution in [1.29, 1.82) is 0 Å².